The molecule has 5 heteroatoms. The molecule has 3 rings (SSSR count). The van der Waals surface area contributed by atoms with Gasteiger partial charge in [-0.25, -0.2) is 4.79 Å². The maximum atomic E-state index is 12.6. The van der Waals surface area contributed by atoms with Crippen molar-refractivity contribution in [1.82, 2.24) is 0 Å². The molecule has 1 aliphatic rings. The molecule has 0 atom stereocenters. The number of benzene rings is 2. The predicted molar refractivity (Wildman–Crippen MR) is 143 cm³/mol. The highest BCUT2D eigenvalue weighted by molar-refractivity contribution is 5.91. The first-order chi connectivity index (χ1) is 17.6. The molecule has 0 aromatic heterocycles. The second kappa shape index (κ2) is 15.3. The molecule has 0 aliphatic heterocycles. The molecule has 0 unspecified atom stereocenters. The Kier molecular flexibility index (Phi) is 11.8. The summed E-state index contributed by atoms with van der Waals surface area (Å²) in [4.78, 5) is 25.1. The molecule has 1 fully saturated rings. The Morgan fingerprint density at radius 2 is 1.28 bits per heavy atom. The van der Waals surface area contributed by atoms with Gasteiger partial charge in [0.2, 0.25) is 0 Å². The van der Waals surface area contributed by atoms with Gasteiger partial charge in [0.1, 0.15) is 17.2 Å². The van der Waals surface area contributed by atoms with Crippen molar-refractivity contribution in [3.05, 3.63) is 54.1 Å². The van der Waals surface area contributed by atoms with Gasteiger partial charge in [-0.15, -0.1) is 0 Å². The third kappa shape index (κ3) is 9.33. The van der Waals surface area contributed by atoms with Crippen molar-refractivity contribution in [2.75, 3.05) is 6.61 Å². The van der Waals surface area contributed by atoms with E-state index in [1.165, 1.54) is 44.9 Å². The first-order valence-electron chi connectivity index (χ1n) is 13.9. The first kappa shape index (κ1) is 27.8. The van der Waals surface area contributed by atoms with Gasteiger partial charge >= 0.3 is 11.9 Å². The van der Waals surface area contributed by atoms with Crippen LogP contribution in [0.25, 0.3) is 0 Å². The Bertz CT molecular complexity index is 911. The standard InChI is InChI=1S/C31H42O5/c1-3-5-7-9-23-34-27-17-15-26(16-18-27)31(33)36-29-21-19-28(20-22-29)35-30(32)25-13-11-24(12-14-25)10-8-6-4-2/h15-22,24-25H,3-14,23H2,1-2H3. The number of rotatable bonds is 14. The largest absolute Gasteiger partial charge is 0.494 e. The summed E-state index contributed by atoms with van der Waals surface area (Å²) in [6.07, 6.45) is 13.8. The van der Waals surface area contributed by atoms with Crippen molar-refractivity contribution in [1.29, 1.82) is 0 Å². The van der Waals surface area contributed by atoms with Gasteiger partial charge in [-0.1, -0.05) is 58.8 Å². The normalized spacial score (nSPS) is 17.4. The summed E-state index contributed by atoms with van der Waals surface area (Å²) in [6.45, 7) is 5.10. The third-order valence-corrected chi connectivity index (χ3v) is 7.01. The lowest BCUT2D eigenvalue weighted by molar-refractivity contribution is -0.140. The van der Waals surface area contributed by atoms with Crippen LogP contribution in [0.3, 0.4) is 0 Å². The summed E-state index contributed by atoms with van der Waals surface area (Å²) in [5.74, 6) is 1.78. The van der Waals surface area contributed by atoms with Crippen LogP contribution in [0.1, 0.15) is 101 Å². The zero-order valence-corrected chi connectivity index (χ0v) is 22.0. The number of esters is 2. The Morgan fingerprint density at radius 1 is 0.694 bits per heavy atom. The Hall–Kier alpha value is -2.82. The van der Waals surface area contributed by atoms with E-state index in [-0.39, 0.29) is 11.9 Å². The average Bonchev–Trinajstić information content (AvgIpc) is 2.90. The monoisotopic (exact) mass is 494 g/mol. The lowest BCUT2D eigenvalue weighted by Gasteiger charge is -2.27. The summed E-state index contributed by atoms with van der Waals surface area (Å²) in [6, 6.07) is 13.6. The van der Waals surface area contributed by atoms with E-state index in [9.17, 15) is 9.59 Å². The summed E-state index contributed by atoms with van der Waals surface area (Å²) < 4.78 is 16.8. The zero-order valence-electron chi connectivity index (χ0n) is 22.0. The van der Waals surface area contributed by atoms with Crippen LogP contribution in [0.5, 0.6) is 17.2 Å². The van der Waals surface area contributed by atoms with Gasteiger partial charge in [-0.05, 0) is 86.6 Å². The van der Waals surface area contributed by atoms with Crippen molar-refractivity contribution in [3.8, 4) is 17.2 Å². The van der Waals surface area contributed by atoms with E-state index in [4.69, 9.17) is 14.2 Å². The van der Waals surface area contributed by atoms with Crippen LogP contribution >= 0.6 is 0 Å². The Balaban J connectivity index is 1.40. The number of carbonyl (C=O) groups is 2. The van der Waals surface area contributed by atoms with Crippen molar-refractivity contribution in [2.45, 2.75) is 90.9 Å². The van der Waals surface area contributed by atoms with Crippen LogP contribution < -0.4 is 14.2 Å². The molecule has 0 radical (unpaired) electrons. The van der Waals surface area contributed by atoms with E-state index < -0.39 is 5.97 Å². The van der Waals surface area contributed by atoms with Gasteiger partial charge in [0, 0.05) is 0 Å². The van der Waals surface area contributed by atoms with Crippen molar-refractivity contribution in [2.24, 2.45) is 11.8 Å². The van der Waals surface area contributed by atoms with E-state index >= 15 is 0 Å². The summed E-state index contributed by atoms with van der Waals surface area (Å²) in [5.41, 5.74) is 0.453. The van der Waals surface area contributed by atoms with Crippen molar-refractivity contribution in [3.63, 3.8) is 0 Å². The minimum Gasteiger partial charge on any atom is -0.494 e. The van der Waals surface area contributed by atoms with Crippen LogP contribution in [0.4, 0.5) is 0 Å². The molecule has 5 nitrogen and oxygen atoms in total. The molecule has 36 heavy (non-hydrogen) atoms. The topological polar surface area (TPSA) is 61.8 Å². The average molecular weight is 495 g/mol. The highest BCUT2D eigenvalue weighted by Gasteiger charge is 2.27. The van der Waals surface area contributed by atoms with E-state index in [1.807, 2.05) is 0 Å². The van der Waals surface area contributed by atoms with Crippen molar-refractivity contribution >= 4 is 11.9 Å². The fraction of sp³-hybridized carbons (Fsp3) is 0.548. The molecule has 0 bridgehead atoms. The number of carbonyl (C=O) groups excluding carboxylic acids is 2. The molecule has 0 spiro atoms. The van der Waals surface area contributed by atoms with Crippen LogP contribution in [-0.2, 0) is 4.79 Å². The summed E-state index contributed by atoms with van der Waals surface area (Å²) in [7, 11) is 0. The molecule has 2 aromatic rings. The molecule has 0 N–H and O–H groups in total. The third-order valence-electron chi connectivity index (χ3n) is 7.01. The van der Waals surface area contributed by atoms with Crippen LogP contribution in [0.2, 0.25) is 0 Å². The molecule has 0 amide bonds. The van der Waals surface area contributed by atoms with Gasteiger partial charge < -0.3 is 14.2 Å². The van der Waals surface area contributed by atoms with Gasteiger partial charge in [-0.2, -0.15) is 0 Å². The minimum atomic E-state index is -0.440. The number of ether oxygens (including phenoxy) is 3. The second-order valence-corrected chi connectivity index (χ2v) is 9.93. The zero-order chi connectivity index (χ0) is 25.6. The van der Waals surface area contributed by atoms with E-state index in [0.29, 0.717) is 23.7 Å². The van der Waals surface area contributed by atoms with Crippen LogP contribution in [0, 0.1) is 11.8 Å². The van der Waals surface area contributed by atoms with Crippen LogP contribution in [-0.4, -0.2) is 18.5 Å². The van der Waals surface area contributed by atoms with E-state index in [1.54, 1.807) is 48.5 Å². The molecule has 196 valence electrons. The number of hydrogen-bond donors (Lipinski definition) is 0. The van der Waals surface area contributed by atoms with Crippen LogP contribution in [0.15, 0.2) is 48.5 Å². The SMILES string of the molecule is CCCCCCOc1ccc(C(=O)Oc2ccc(OC(=O)C3CCC(CCCCC)CC3)cc2)cc1. The summed E-state index contributed by atoms with van der Waals surface area (Å²) >= 11 is 0. The molecule has 1 aliphatic carbocycles. The summed E-state index contributed by atoms with van der Waals surface area (Å²) in [5, 5.41) is 0. The van der Waals surface area contributed by atoms with Gasteiger partial charge in [0.25, 0.3) is 0 Å². The maximum absolute atomic E-state index is 12.6. The minimum absolute atomic E-state index is 0.0202. The highest BCUT2D eigenvalue weighted by atomic mass is 16.5. The molecular formula is C31H42O5. The molecule has 2 aromatic carbocycles. The Morgan fingerprint density at radius 3 is 1.92 bits per heavy atom. The maximum Gasteiger partial charge on any atom is 0.343 e. The quantitative estimate of drug-likeness (QED) is 0.151. The van der Waals surface area contributed by atoms with Crippen molar-refractivity contribution < 1.29 is 23.8 Å². The fourth-order valence-electron chi connectivity index (χ4n) is 4.72. The van der Waals surface area contributed by atoms with Gasteiger partial charge in [-0.3, -0.25) is 4.79 Å². The number of hydrogen-bond acceptors (Lipinski definition) is 5. The second-order valence-electron chi connectivity index (χ2n) is 9.93. The molecule has 1 saturated carbocycles. The van der Waals surface area contributed by atoms with Gasteiger partial charge in [0.15, 0.2) is 0 Å². The highest BCUT2D eigenvalue weighted by Crippen LogP contribution is 2.33. The lowest BCUT2D eigenvalue weighted by atomic mass is 9.80. The lowest BCUT2D eigenvalue weighted by Crippen LogP contribution is -2.25. The van der Waals surface area contributed by atoms with E-state index in [0.717, 1.165) is 43.8 Å². The first-order valence-corrected chi connectivity index (χ1v) is 13.9. The smallest absolute Gasteiger partial charge is 0.343 e. The predicted octanol–water partition coefficient (Wildman–Crippen LogP) is 8.16. The Labute approximate surface area is 216 Å². The molecular weight excluding hydrogens is 452 g/mol. The fourth-order valence-corrected chi connectivity index (χ4v) is 4.72. The number of unbranched alkanes of at least 4 members (excludes halogenated alkanes) is 5. The molecule has 0 heterocycles. The van der Waals surface area contributed by atoms with Gasteiger partial charge in [0.05, 0.1) is 18.1 Å². The van der Waals surface area contributed by atoms with E-state index in [2.05, 4.69) is 13.8 Å². The molecule has 0 saturated heterocycles.